The summed E-state index contributed by atoms with van der Waals surface area (Å²) < 4.78 is 33.4. The Morgan fingerprint density at radius 3 is 2.18 bits per heavy atom. The molecule has 1 fully saturated rings. The number of alkyl halides is 2. The Morgan fingerprint density at radius 1 is 1.03 bits per heavy atom. The number of benzene rings is 2. The fourth-order valence-corrected chi connectivity index (χ4v) is 5.21. The van der Waals surface area contributed by atoms with Crippen molar-refractivity contribution in [3.05, 3.63) is 88.3 Å². The summed E-state index contributed by atoms with van der Waals surface area (Å²) in [5, 5.41) is 3.04. The second kappa shape index (κ2) is 11.5. The van der Waals surface area contributed by atoms with E-state index in [2.05, 4.69) is 52.9 Å². The van der Waals surface area contributed by atoms with Crippen molar-refractivity contribution in [3.8, 4) is 5.75 Å². The molecule has 1 amide bonds. The third-order valence-corrected chi connectivity index (χ3v) is 7.31. The van der Waals surface area contributed by atoms with Crippen LogP contribution in [0.15, 0.2) is 71.3 Å². The van der Waals surface area contributed by atoms with Crippen LogP contribution in [-0.4, -0.2) is 47.3 Å². The van der Waals surface area contributed by atoms with Crippen molar-refractivity contribution in [1.29, 1.82) is 0 Å². The average Bonchev–Trinajstić information content (AvgIpc) is 3.29. The van der Waals surface area contributed by atoms with Crippen LogP contribution in [0.4, 0.5) is 20.2 Å². The highest BCUT2D eigenvalue weighted by molar-refractivity contribution is 9.10. The lowest BCUT2D eigenvalue weighted by Gasteiger charge is -2.37. The van der Waals surface area contributed by atoms with Crippen LogP contribution in [0.2, 0.25) is 0 Å². The van der Waals surface area contributed by atoms with Gasteiger partial charge in [0.15, 0.2) is 0 Å². The molecule has 11 heteroatoms. The number of imidazole rings is 1. The van der Waals surface area contributed by atoms with Gasteiger partial charge in [0, 0.05) is 54.8 Å². The molecule has 1 aliphatic heterocycles. The van der Waals surface area contributed by atoms with Crippen LogP contribution in [0.25, 0.3) is 5.65 Å². The first-order valence-electron chi connectivity index (χ1n) is 12.7. The molecular weight excluding hydrogens is 587 g/mol. The molecule has 204 valence electrons. The molecule has 0 radical (unpaired) electrons. The molecule has 3 heterocycles. The van der Waals surface area contributed by atoms with E-state index in [0.717, 1.165) is 58.9 Å². The van der Waals surface area contributed by atoms with Gasteiger partial charge in [-0.05, 0) is 69.8 Å². The first-order chi connectivity index (χ1) is 18.7. The average molecular weight is 616 g/mol. The minimum atomic E-state index is -3.28. The van der Waals surface area contributed by atoms with Crippen LogP contribution in [0, 0.1) is 0 Å². The Labute approximate surface area is 236 Å². The van der Waals surface area contributed by atoms with E-state index in [9.17, 15) is 13.6 Å². The fraction of sp³-hybridized carbons (Fsp3) is 0.286. The summed E-state index contributed by atoms with van der Waals surface area (Å²) in [7, 11) is 1.38. The van der Waals surface area contributed by atoms with Crippen LogP contribution in [0.3, 0.4) is 0 Å². The SMILES string of the molecule is CCc1nc2cc(Br)ccn2c1C(=O)NCc1ccc(N2CCN(c3ccc(OC(F)(F)P)cc3)CC2)cc1. The number of piperazine rings is 1. The number of ether oxygens (including phenoxy) is 1. The normalized spacial score (nSPS) is 14.1. The first-order valence-corrected chi connectivity index (χ1v) is 14.1. The maximum atomic E-state index is 13.1. The smallest absolute Gasteiger partial charge is 0.408 e. The number of carbonyl (C=O) groups is 1. The number of pyridine rings is 1. The molecule has 2 aromatic carbocycles. The van der Waals surface area contributed by atoms with Crippen molar-refractivity contribution in [1.82, 2.24) is 14.7 Å². The van der Waals surface area contributed by atoms with Gasteiger partial charge in [-0.25, -0.2) is 4.98 Å². The van der Waals surface area contributed by atoms with Crippen LogP contribution in [0.1, 0.15) is 28.7 Å². The molecule has 1 saturated heterocycles. The van der Waals surface area contributed by atoms with E-state index in [0.29, 0.717) is 18.7 Å². The summed E-state index contributed by atoms with van der Waals surface area (Å²) in [5.74, 6) is -3.30. The number of nitrogens with one attached hydrogen (secondary N) is 1. The standard InChI is InChI=1S/C28H29BrF2N5O2P/c1-2-24-26(36-12-11-20(29)17-25(36)33-24)27(37)32-18-19-3-5-21(6-4-19)34-13-15-35(16-14-34)22-7-9-23(10-8-22)38-28(30,31)39/h3-12,17H,2,13-16,18,39H2,1H3,(H,32,37). The van der Waals surface area contributed by atoms with E-state index in [1.807, 2.05) is 41.8 Å². The van der Waals surface area contributed by atoms with Crippen LogP contribution in [0.5, 0.6) is 5.75 Å². The summed E-state index contributed by atoms with van der Waals surface area (Å²) in [6, 6.07) is 18.8. The molecule has 0 spiro atoms. The molecule has 4 aromatic rings. The van der Waals surface area contributed by atoms with Crippen molar-refractivity contribution in [2.24, 2.45) is 0 Å². The van der Waals surface area contributed by atoms with Crippen LogP contribution >= 0.6 is 25.2 Å². The number of amides is 1. The third kappa shape index (κ3) is 6.50. The third-order valence-electron chi connectivity index (χ3n) is 6.70. The number of halogens is 3. The minimum absolute atomic E-state index is 0.131. The lowest BCUT2D eigenvalue weighted by atomic mass is 10.1. The number of hydrogen-bond donors (Lipinski definition) is 1. The highest BCUT2D eigenvalue weighted by Gasteiger charge is 2.24. The summed E-state index contributed by atoms with van der Waals surface area (Å²) >= 11 is 3.46. The maximum absolute atomic E-state index is 13.1. The molecule has 1 unspecified atom stereocenters. The Bertz CT molecular complexity index is 1450. The van der Waals surface area contributed by atoms with Crippen LogP contribution in [-0.2, 0) is 13.0 Å². The van der Waals surface area contributed by atoms with Crippen molar-refractivity contribution in [2.45, 2.75) is 25.7 Å². The van der Waals surface area contributed by atoms with Gasteiger partial charge in [0.2, 0.25) is 0 Å². The number of aromatic nitrogens is 2. The number of fused-ring (bicyclic) bond motifs is 1. The van der Waals surface area contributed by atoms with E-state index >= 15 is 0 Å². The largest absolute Gasteiger partial charge is 0.430 e. The van der Waals surface area contributed by atoms with Gasteiger partial charge in [-0.3, -0.25) is 9.20 Å². The summed E-state index contributed by atoms with van der Waals surface area (Å²) in [4.78, 5) is 22.2. The Kier molecular flexibility index (Phi) is 8.05. The number of carbonyl (C=O) groups excluding carboxylic acids is 1. The fourth-order valence-electron chi connectivity index (χ4n) is 4.75. The molecule has 0 saturated carbocycles. The number of anilines is 2. The molecule has 1 aliphatic rings. The zero-order chi connectivity index (χ0) is 27.6. The molecule has 2 aromatic heterocycles. The van der Waals surface area contributed by atoms with Crippen molar-refractivity contribution in [2.75, 3.05) is 36.0 Å². The number of hydrogen-bond acceptors (Lipinski definition) is 5. The quantitative estimate of drug-likeness (QED) is 0.257. The summed E-state index contributed by atoms with van der Waals surface area (Å²) in [6.45, 7) is 5.71. The lowest BCUT2D eigenvalue weighted by Crippen LogP contribution is -2.46. The molecule has 39 heavy (non-hydrogen) atoms. The Morgan fingerprint density at radius 2 is 1.62 bits per heavy atom. The van der Waals surface area contributed by atoms with E-state index in [4.69, 9.17) is 0 Å². The van der Waals surface area contributed by atoms with Gasteiger partial charge in [0.25, 0.3) is 5.91 Å². The molecule has 1 atom stereocenters. The predicted molar refractivity (Wildman–Crippen MR) is 156 cm³/mol. The summed E-state index contributed by atoms with van der Waals surface area (Å²) in [5.41, 5.74) is 5.19. The predicted octanol–water partition coefficient (Wildman–Crippen LogP) is 5.72. The topological polar surface area (TPSA) is 62.1 Å². The van der Waals surface area contributed by atoms with Crippen molar-refractivity contribution < 1.29 is 18.3 Å². The van der Waals surface area contributed by atoms with E-state index in [1.54, 1.807) is 24.3 Å². The summed E-state index contributed by atoms with van der Waals surface area (Å²) in [6.07, 6.45) is 2.52. The van der Waals surface area contributed by atoms with Gasteiger partial charge in [0.1, 0.15) is 17.1 Å². The van der Waals surface area contributed by atoms with E-state index in [-0.39, 0.29) is 11.7 Å². The first kappa shape index (κ1) is 27.3. The van der Waals surface area contributed by atoms with Crippen molar-refractivity contribution >= 4 is 48.1 Å². The van der Waals surface area contributed by atoms with Crippen molar-refractivity contribution in [3.63, 3.8) is 0 Å². The molecule has 7 nitrogen and oxygen atoms in total. The highest BCUT2D eigenvalue weighted by atomic mass is 79.9. The molecule has 1 N–H and O–H groups in total. The molecule has 0 bridgehead atoms. The zero-order valence-corrected chi connectivity index (χ0v) is 24.2. The molecule has 5 rings (SSSR count). The van der Waals surface area contributed by atoms with Gasteiger partial charge in [0.05, 0.1) is 5.69 Å². The van der Waals surface area contributed by atoms with Gasteiger partial charge >= 0.3 is 5.85 Å². The van der Waals surface area contributed by atoms with Gasteiger partial charge in [-0.15, -0.1) is 0 Å². The van der Waals surface area contributed by atoms with Gasteiger partial charge in [-0.2, -0.15) is 8.78 Å². The monoisotopic (exact) mass is 615 g/mol. The number of aryl methyl sites for hydroxylation is 1. The number of rotatable bonds is 8. The van der Waals surface area contributed by atoms with Gasteiger partial charge in [-0.1, -0.05) is 35.0 Å². The number of nitrogens with zero attached hydrogens (tertiary/aromatic N) is 4. The maximum Gasteiger partial charge on any atom is 0.408 e. The van der Waals surface area contributed by atoms with Crippen LogP contribution < -0.4 is 19.9 Å². The second-order valence-electron chi connectivity index (χ2n) is 9.31. The van der Waals surface area contributed by atoms with E-state index < -0.39 is 5.85 Å². The lowest BCUT2D eigenvalue weighted by molar-refractivity contribution is -0.0892. The Hall–Kier alpha value is -3.23. The molecular formula is C28H29BrF2N5O2P. The highest BCUT2D eigenvalue weighted by Crippen LogP contribution is 2.29. The van der Waals surface area contributed by atoms with Gasteiger partial charge < -0.3 is 19.9 Å². The zero-order valence-electron chi connectivity index (χ0n) is 21.4. The molecule has 0 aliphatic carbocycles. The minimum Gasteiger partial charge on any atom is -0.430 e. The van der Waals surface area contributed by atoms with E-state index in [1.165, 1.54) is 9.24 Å². The second-order valence-corrected chi connectivity index (χ2v) is 10.9. The Balaban J connectivity index is 1.15.